The van der Waals surface area contributed by atoms with Gasteiger partial charge in [0.15, 0.2) is 0 Å². The molecule has 0 spiro atoms. The maximum absolute atomic E-state index is 5.23. The second-order valence-electron chi connectivity index (χ2n) is 4.45. The van der Waals surface area contributed by atoms with Gasteiger partial charge >= 0.3 is 0 Å². The molecule has 96 valence electrons. The summed E-state index contributed by atoms with van der Waals surface area (Å²) < 4.78 is 0. The second-order valence-corrected chi connectivity index (χ2v) is 4.45. The summed E-state index contributed by atoms with van der Waals surface area (Å²) in [7, 11) is 0. The highest BCUT2D eigenvalue weighted by Crippen LogP contribution is 2.14. The lowest BCUT2D eigenvalue weighted by molar-refractivity contribution is 0.331. The number of likely N-dealkylation sites (tertiary alicyclic amines) is 1. The average Bonchev–Trinajstić information content (AvgIpc) is 2.84. The maximum Gasteiger partial charge on any atom is 0.211 e. The highest BCUT2D eigenvalue weighted by Gasteiger charge is 2.12. The van der Waals surface area contributed by atoms with E-state index in [4.69, 9.17) is 11.5 Å². The molecule has 1 aliphatic heterocycles. The highest BCUT2D eigenvalue weighted by atomic mass is 15.3. The van der Waals surface area contributed by atoms with Crippen LogP contribution in [0, 0.1) is 0 Å². The molecule has 0 amide bonds. The van der Waals surface area contributed by atoms with Crippen LogP contribution in [-0.2, 0) is 6.54 Å². The van der Waals surface area contributed by atoms with Crippen molar-refractivity contribution in [3.05, 3.63) is 35.4 Å². The summed E-state index contributed by atoms with van der Waals surface area (Å²) in [6.07, 6.45) is 4.29. The van der Waals surface area contributed by atoms with E-state index in [0.29, 0.717) is 0 Å². The van der Waals surface area contributed by atoms with Crippen molar-refractivity contribution in [3.63, 3.8) is 0 Å². The largest absolute Gasteiger partial charge is 0.369 e. The minimum atomic E-state index is -0.0247. The third kappa shape index (κ3) is 3.56. The van der Waals surface area contributed by atoms with Crippen LogP contribution >= 0.6 is 0 Å². The van der Waals surface area contributed by atoms with Crippen LogP contribution in [-0.4, -0.2) is 30.2 Å². The van der Waals surface area contributed by atoms with E-state index in [2.05, 4.69) is 21.2 Å². The van der Waals surface area contributed by atoms with Crippen molar-refractivity contribution >= 4 is 12.2 Å². The number of nitrogens with zero attached hydrogens (tertiary/aromatic N) is 3. The molecule has 1 heterocycles. The number of guanidine groups is 1. The fourth-order valence-electron chi connectivity index (χ4n) is 2.14. The summed E-state index contributed by atoms with van der Waals surface area (Å²) in [5.41, 5.74) is 12.8. The molecule has 0 atom stereocenters. The van der Waals surface area contributed by atoms with E-state index in [9.17, 15) is 0 Å². The van der Waals surface area contributed by atoms with Gasteiger partial charge in [0.05, 0.1) is 6.21 Å². The van der Waals surface area contributed by atoms with Gasteiger partial charge in [-0.2, -0.15) is 5.10 Å². The minimum absolute atomic E-state index is 0.0247. The van der Waals surface area contributed by atoms with Crippen molar-refractivity contribution in [2.75, 3.05) is 13.1 Å². The number of rotatable bonds is 4. The van der Waals surface area contributed by atoms with E-state index in [1.54, 1.807) is 6.21 Å². The van der Waals surface area contributed by atoms with E-state index in [1.165, 1.54) is 31.5 Å². The molecule has 1 aromatic carbocycles. The molecule has 1 fully saturated rings. The van der Waals surface area contributed by atoms with Gasteiger partial charge in [0.1, 0.15) is 0 Å². The number of nitrogens with two attached hydrogens (primary N) is 2. The number of benzene rings is 1. The molecular weight excluding hydrogens is 226 g/mol. The van der Waals surface area contributed by atoms with E-state index in [-0.39, 0.29) is 5.96 Å². The van der Waals surface area contributed by atoms with Gasteiger partial charge in [0.25, 0.3) is 0 Å². The topological polar surface area (TPSA) is 80.0 Å². The molecule has 1 saturated heterocycles. The maximum atomic E-state index is 5.23. The zero-order valence-corrected chi connectivity index (χ0v) is 10.4. The van der Waals surface area contributed by atoms with Crippen molar-refractivity contribution in [2.24, 2.45) is 21.7 Å². The first-order valence-corrected chi connectivity index (χ1v) is 6.18. The number of hydrogen-bond donors (Lipinski definition) is 2. The highest BCUT2D eigenvalue weighted by molar-refractivity contribution is 5.83. The molecule has 1 aliphatic rings. The summed E-state index contributed by atoms with van der Waals surface area (Å²) in [4.78, 5) is 2.45. The Morgan fingerprint density at radius 1 is 1.22 bits per heavy atom. The first kappa shape index (κ1) is 12.6. The normalized spacial score (nSPS) is 16.2. The van der Waals surface area contributed by atoms with Crippen LogP contribution in [0.15, 0.2) is 34.5 Å². The van der Waals surface area contributed by atoms with Crippen LogP contribution in [0.3, 0.4) is 0 Å². The molecule has 4 N–H and O–H groups in total. The molecule has 18 heavy (non-hydrogen) atoms. The molecule has 0 radical (unpaired) electrons. The van der Waals surface area contributed by atoms with Gasteiger partial charge < -0.3 is 11.5 Å². The average molecular weight is 245 g/mol. The lowest BCUT2D eigenvalue weighted by atomic mass is 10.1. The predicted octanol–water partition coefficient (Wildman–Crippen LogP) is 0.890. The zero-order valence-electron chi connectivity index (χ0n) is 10.4. The fraction of sp³-hybridized carbons (Fsp3) is 0.385. The summed E-state index contributed by atoms with van der Waals surface area (Å²) >= 11 is 0. The van der Waals surface area contributed by atoms with Crippen molar-refractivity contribution in [3.8, 4) is 0 Å². The predicted molar refractivity (Wildman–Crippen MR) is 74.4 cm³/mol. The van der Waals surface area contributed by atoms with E-state index < -0.39 is 0 Å². The zero-order chi connectivity index (χ0) is 12.8. The first-order valence-electron chi connectivity index (χ1n) is 6.18. The Labute approximate surface area is 107 Å². The second kappa shape index (κ2) is 6.16. The van der Waals surface area contributed by atoms with Crippen LogP contribution in [0.5, 0.6) is 0 Å². The Morgan fingerprint density at radius 3 is 2.67 bits per heavy atom. The molecule has 2 rings (SSSR count). The van der Waals surface area contributed by atoms with Crippen LogP contribution in [0.1, 0.15) is 24.0 Å². The summed E-state index contributed by atoms with van der Waals surface area (Å²) in [6.45, 7) is 3.32. The van der Waals surface area contributed by atoms with Crippen LogP contribution in [0.25, 0.3) is 0 Å². The monoisotopic (exact) mass is 245 g/mol. The van der Waals surface area contributed by atoms with Crippen molar-refractivity contribution in [2.45, 2.75) is 19.4 Å². The summed E-state index contributed by atoms with van der Waals surface area (Å²) in [5.74, 6) is -0.0247. The van der Waals surface area contributed by atoms with Gasteiger partial charge in [-0.25, -0.2) is 0 Å². The Bertz CT molecular complexity index is 442. The van der Waals surface area contributed by atoms with Crippen molar-refractivity contribution in [1.82, 2.24) is 4.90 Å². The lowest BCUT2D eigenvalue weighted by Crippen LogP contribution is -2.21. The van der Waals surface area contributed by atoms with Gasteiger partial charge in [-0.1, -0.05) is 24.3 Å². The third-order valence-corrected chi connectivity index (χ3v) is 3.02. The Hall–Kier alpha value is -1.88. The van der Waals surface area contributed by atoms with E-state index in [0.717, 1.165) is 12.1 Å². The van der Waals surface area contributed by atoms with Gasteiger partial charge in [0, 0.05) is 6.54 Å². The van der Waals surface area contributed by atoms with Crippen molar-refractivity contribution in [1.29, 1.82) is 0 Å². The van der Waals surface area contributed by atoms with Crippen LogP contribution < -0.4 is 11.5 Å². The summed E-state index contributed by atoms with van der Waals surface area (Å²) in [6, 6.07) is 8.18. The van der Waals surface area contributed by atoms with Gasteiger partial charge in [-0.3, -0.25) is 4.90 Å². The molecule has 5 nitrogen and oxygen atoms in total. The molecule has 0 saturated carbocycles. The van der Waals surface area contributed by atoms with Crippen LogP contribution in [0.4, 0.5) is 0 Å². The number of hydrogen-bond acceptors (Lipinski definition) is 3. The van der Waals surface area contributed by atoms with Crippen LogP contribution in [0.2, 0.25) is 0 Å². The van der Waals surface area contributed by atoms with E-state index >= 15 is 0 Å². The third-order valence-electron chi connectivity index (χ3n) is 3.02. The van der Waals surface area contributed by atoms with Gasteiger partial charge in [0.2, 0.25) is 5.96 Å². The Morgan fingerprint density at radius 2 is 1.94 bits per heavy atom. The molecule has 0 bridgehead atoms. The van der Waals surface area contributed by atoms with Crippen molar-refractivity contribution < 1.29 is 0 Å². The lowest BCUT2D eigenvalue weighted by Gasteiger charge is -2.15. The molecule has 1 aromatic rings. The van der Waals surface area contributed by atoms with Gasteiger partial charge in [-0.05, 0) is 37.1 Å². The molecule has 0 aromatic heterocycles. The smallest absolute Gasteiger partial charge is 0.211 e. The molecule has 0 unspecified atom stereocenters. The Balaban J connectivity index is 2.09. The quantitative estimate of drug-likeness (QED) is 0.469. The van der Waals surface area contributed by atoms with E-state index in [1.807, 2.05) is 18.2 Å². The molecule has 0 aliphatic carbocycles. The minimum Gasteiger partial charge on any atom is -0.369 e. The van der Waals surface area contributed by atoms with Gasteiger partial charge in [-0.15, -0.1) is 5.10 Å². The standard InChI is InChI=1S/C13H19N5/c14-13(15)17-16-9-11-5-1-2-6-12(11)10-18-7-3-4-8-18/h1-2,5-6,9H,3-4,7-8,10H2,(H4,14,15,17). The fourth-order valence-corrected chi connectivity index (χ4v) is 2.14. The molecular formula is C13H19N5. The first-order chi connectivity index (χ1) is 8.75. The molecule has 5 heteroatoms. The summed E-state index contributed by atoms with van der Waals surface area (Å²) in [5, 5.41) is 7.49. The SMILES string of the molecule is NC(N)=NN=Cc1ccccc1CN1CCCC1. The Kier molecular flexibility index (Phi) is 4.30.